The molecule has 0 spiro atoms. The Balaban J connectivity index is 2.04. The Hall–Kier alpha value is -0.450. The maximum Gasteiger partial charge on any atom is 0.0962 e. The van der Waals surface area contributed by atoms with Gasteiger partial charge in [0.05, 0.1) is 10.7 Å². The van der Waals surface area contributed by atoms with Crippen molar-refractivity contribution in [2.75, 3.05) is 26.7 Å². The van der Waals surface area contributed by atoms with Crippen LogP contribution < -0.4 is 5.73 Å². The van der Waals surface area contributed by atoms with Crippen LogP contribution in [0.3, 0.4) is 0 Å². The van der Waals surface area contributed by atoms with Crippen molar-refractivity contribution in [3.63, 3.8) is 0 Å². The SMILES string of the molecule is Cc1nc(C2CCN(C)CC2)sc1CC(C)CN. The first-order valence-corrected chi connectivity index (χ1v) is 7.76. The fraction of sp³-hybridized carbons (Fsp3) is 0.786. The van der Waals surface area contributed by atoms with Crippen LogP contribution in [0, 0.1) is 12.8 Å². The lowest BCUT2D eigenvalue weighted by molar-refractivity contribution is 0.255. The summed E-state index contributed by atoms with van der Waals surface area (Å²) in [6, 6.07) is 0. The predicted molar refractivity (Wildman–Crippen MR) is 78.2 cm³/mol. The van der Waals surface area contributed by atoms with E-state index in [2.05, 4.69) is 25.8 Å². The smallest absolute Gasteiger partial charge is 0.0962 e. The lowest BCUT2D eigenvalue weighted by Gasteiger charge is -2.27. The molecule has 2 heterocycles. The van der Waals surface area contributed by atoms with Gasteiger partial charge in [0.15, 0.2) is 0 Å². The van der Waals surface area contributed by atoms with Gasteiger partial charge in [-0.15, -0.1) is 11.3 Å². The Morgan fingerprint density at radius 2 is 2.11 bits per heavy atom. The highest BCUT2D eigenvalue weighted by molar-refractivity contribution is 7.11. The van der Waals surface area contributed by atoms with Gasteiger partial charge >= 0.3 is 0 Å². The van der Waals surface area contributed by atoms with Gasteiger partial charge in [0, 0.05) is 10.8 Å². The van der Waals surface area contributed by atoms with E-state index in [0.29, 0.717) is 11.8 Å². The second-order valence-electron chi connectivity index (χ2n) is 5.68. The number of piperidine rings is 1. The van der Waals surface area contributed by atoms with E-state index in [1.54, 1.807) is 0 Å². The molecule has 1 aromatic heterocycles. The number of likely N-dealkylation sites (tertiary alicyclic amines) is 1. The second kappa shape index (κ2) is 6.13. The maximum atomic E-state index is 5.71. The van der Waals surface area contributed by atoms with Crippen molar-refractivity contribution in [1.82, 2.24) is 9.88 Å². The number of aryl methyl sites for hydroxylation is 1. The average molecular weight is 267 g/mol. The van der Waals surface area contributed by atoms with Gasteiger partial charge in [-0.2, -0.15) is 0 Å². The van der Waals surface area contributed by atoms with Crippen LogP contribution in [0.1, 0.15) is 41.3 Å². The minimum atomic E-state index is 0.564. The molecule has 2 rings (SSSR count). The van der Waals surface area contributed by atoms with E-state index >= 15 is 0 Å². The van der Waals surface area contributed by atoms with Crippen LogP contribution >= 0.6 is 11.3 Å². The van der Waals surface area contributed by atoms with Crippen molar-refractivity contribution >= 4 is 11.3 Å². The molecule has 1 saturated heterocycles. The lowest BCUT2D eigenvalue weighted by atomic mass is 9.98. The highest BCUT2D eigenvalue weighted by Crippen LogP contribution is 2.33. The van der Waals surface area contributed by atoms with E-state index in [0.717, 1.165) is 13.0 Å². The van der Waals surface area contributed by atoms with Gasteiger partial charge in [-0.1, -0.05) is 6.92 Å². The quantitative estimate of drug-likeness (QED) is 0.911. The van der Waals surface area contributed by atoms with Crippen LogP contribution in [-0.2, 0) is 6.42 Å². The highest BCUT2D eigenvalue weighted by Gasteiger charge is 2.22. The van der Waals surface area contributed by atoms with Crippen molar-refractivity contribution in [2.45, 2.75) is 39.0 Å². The third-order valence-electron chi connectivity index (χ3n) is 3.91. The number of rotatable bonds is 4. The number of hydrogen-bond donors (Lipinski definition) is 1. The molecule has 0 aromatic carbocycles. The first-order chi connectivity index (χ1) is 8.60. The largest absolute Gasteiger partial charge is 0.330 e. The summed E-state index contributed by atoms with van der Waals surface area (Å²) in [7, 11) is 2.21. The summed E-state index contributed by atoms with van der Waals surface area (Å²) in [4.78, 5) is 8.66. The summed E-state index contributed by atoms with van der Waals surface area (Å²) in [5.74, 6) is 1.25. The minimum absolute atomic E-state index is 0.564. The monoisotopic (exact) mass is 267 g/mol. The Kier molecular flexibility index (Phi) is 4.76. The number of nitrogens with zero attached hydrogens (tertiary/aromatic N) is 2. The summed E-state index contributed by atoms with van der Waals surface area (Å²) in [6.07, 6.45) is 3.61. The molecule has 0 saturated carbocycles. The molecule has 0 radical (unpaired) electrons. The van der Waals surface area contributed by atoms with Gasteiger partial charge in [0.25, 0.3) is 0 Å². The van der Waals surface area contributed by atoms with E-state index in [1.165, 1.54) is 41.5 Å². The van der Waals surface area contributed by atoms with E-state index in [1.807, 2.05) is 11.3 Å². The van der Waals surface area contributed by atoms with Gasteiger partial charge in [0.1, 0.15) is 0 Å². The lowest BCUT2D eigenvalue weighted by Crippen LogP contribution is -2.29. The number of nitrogens with two attached hydrogens (primary N) is 1. The first-order valence-electron chi connectivity index (χ1n) is 6.95. The molecule has 4 heteroatoms. The average Bonchev–Trinajstić information content (AvgIpc) is 2.71. The van der Waals surface area contributed by atoms with Crippen molar-refractivity contribution in [2.24, 2.45) is 11.7 Å². The molecule has 0 bridgehead atoms. The van der Waals surface area contributed by atoms with Gasteiger partial charge < -0.3 is 10.6 Å². The Morgan fingerprint density at radius 1 is 1.44 bits per heavy atom. The van der Waals surface area contributed by atoms with Gasteiger partial charge in [-0.3, -0.25) is 0 Å². The summed E-state index contributed by atoms with van der Waals surface area (Å²) in [5, 5.41) is 1.36. The third kappa shape index (κ3) is 3.31. The molecule has 1 aliphatic rings. The van der Waals surface area contributed by atoms with E-state index in [9.17, 15) is 0 Å². The van der Waals surface area contributed by atoms with E-state index in [-0.39, 0.29) is 0 Å². The van der Waals surface area contributed by atoms with Gasteiger partial charge in [0.2, 0.25) is 0 Å². The molecule has 18 heavy (non-hydrogen) atoms. The van der Waals surface area contributed by atoms with Crippen LogP contribution in [-0.4, -0.2) is 36.6 Å². The molecule has 1 atom stereocenters. The Morgan fingerprint density at radius 3 is 2.72 bits per heavy atom. The molecule has 1 unspecified atom stereocenters. The fourth-order valence-corrected chi connectivity index (χ4v) is 3.87. The maximum absolute atomic E-state index is 5.71. The molecule has 0 amide bonds. The molecule has 2 N–H and O–H groups in total. The Bertz CT molecular complexity index is 380. The molecule has 3 nitrogen and oxygen atoms in total. The predicted octanol–water partition coefficient (Wildman–Crippen LogP) is 2.40. The standard InChI is InChI=1S/C14H25N3S/c1-10(9-15)8-13-11(2)16-14(18-13)12-4-6-17(3)7-5-12/h10,12H,4-9,15H2,1-3H3. The molecule has 1 aliphatic heterocycles. The molecule has 0 aliphatic carbocycles. The Labute approximate surface area is 114 Å². The molecule has 1 aromatic rings. The molecular formula is C14H25N3S. The van der Waals surface area contributed by atoms with Gasteiger partial charge in [-0.05, 0) is 58.8 Å². The molecule has 1 fully saturated rings. The summed E-state index contributed by atoms with van der Waals surface area (Å²) >= 11 is 1.93. The van der Waals surface area contributed by atoms with E-state index < -0.39 is 0 Å². The van der Waals surface area contributed by atoms with Crippen molar-refractivity contribution in [3.8, 4) is 0 Å². The van der Waals surface area contributed by atoms with Crippen molar-refractivity contribution in [3.05, 3.63) is 15.6 Å². The zero-order valence-corrected chi connectivity index (χ0v) is 12.6. The van der Waals surface area contributed by atoms with Crippen molar-refractivity contribution in [1.29, 1.82) is 0 Å². The van der Waals surface area contributed by atoms with Crippen LogP contribution in [0.25, 0.3) is 0 Å². The molecular weight excluding hydrogens is 242 g/mol. The van der Waals surface area contributed by atoms with Crippen LogP contribution in [0.4, 0.5) is 0 Å². The zero-order valence-electron chi connectivity index (χ0n) is 11.8. The highest BCUT2D eigenvalue weighted by atomic mass is 32.1. The fourth-order valence-electron chi connectivity index (χ4n) is 2.47. The van der Waals surface area contributed by atoms with Crippen molar-refractivity contribution < 1.29 is 0 Å². The molecule has 102 valence electrons. The van der Waals surface area contributed by atoms with Crippen LogP contribution in [0.5, 0.6) is 0 Å². The normalized spacial score (nSPS) is 20.2. The van der Waals surface area contributed by atoms with Gasteiger partial charge in [-0.25, -0.2) is 4.98 Å². The van der Waals surface area contributed by atoms with Crippen LogP contribution in [0.2, 0.25) is 0 Å². The number of hydrogen-bond acceptors (Lipinski definition) is 4. The minimum Gasteiger partial charge on any atom is -0.330 e. The summed E-state index contributed by atoms with van der Waals surface area (Å²) < 4.78 is 0. The number of thiazole rings is 1. The first kappa shape index (κ1) is 14.0. The zero-order chi connectivity index (χ0) is 13.1. The summed E-state index contributed by atoms with van der Waals surface area (Å²) in [5.41, 5.74) is 6.94. The van der Waals surface area contributed by atoms with Crippen LogP contribution in [0.15, 0.2) is 0 Å². The third-order valence-corrected chi connectivity index (χ3v) is 5.26. The second-order valence-corrected chi connectivity index (χ2v) is 6.80. The van der Waals surface area contributed by atoms with E-state index in [4.69, 9.17) is 10.7 Å². The topological polar surface area (TPSA) is 42.2 Å². The summed E-state index contributed by atoms with van der Waals surface area (Å²) in [6.45, 7) is 7.54. The number of aromatic nitrogens is 1.